The summed E-state index contributed by atoms with van der Waals surface area (Å²) in [5, 5.41) is 6.88. The number of hydrogen-bond donors (Lipinski definition) is 1. The Morgan fingerprint density at radius 2 is 2.36 bits per heavy atom. The van der Waals surface area contributed by atoms with Gasteiger partial charge in [0.05, 0.1) is 12.3 Å². The Bertz CT molecular complexity index is 637. The Hall–Kier alpha value is -2.21. The van der Waals surface area contributed by atoms with Gasteiger partial charge in [0.25, 0.3) is 5.91 Å². The smallest absolute Gasteiger partial charge is 0.256 e. The maximum atomic E-state index is 14.1. The first-order valence-electron chi connectivity index (χ1n) is 7.40. The molecule has 22 heavy (non-hydrogen) atoms. The average Bonchev–Trinajstić information content (AvgIpc) is 3.07. The predicted octanol–water partition coefficient (Wildman–Crippen LogP) is 2.17. The number of hydrogen-bond acceptors (Lipinski definition) is 3. The summed E-state index contributed by atoms with van der Waals surface area (Å²) in [5.74, 6) is -0.683. The lowest BCUT2D eigenvalue weighted by Gasteiger charge is -2.22. The van der Waals surface area contributed by atoms with E-state index in [0.717, 1.165) is 19.4 Å². The molecule has 1 aliphatic rings. The summed E-state index contributed by atoms with van der Waals surface area (Å²) in [4.78, 5) is 12.4. The lowest BCUT2D eigenvalue weighted by Crippen LogP contribution is -2.34. The first-order valence-corrected chi connectivity index (χ1v) is 7.40. The Balaban J connectivity index is 1.77. The summed E-state index contributed by atoms with van der Waals surface area (Å²) in [6.45, 7) is 1.91. The molecule has 2 heterocycles. The zero-order valence-corrected chi connectivity index (χ0v) is 12.2. The van der Waals surface area contributed by atoms with Crippen molar-refractivity contribution in [2.75, 3.05) is 19.8 Å². The number of nitrogens with one attached hydrogen (secondary N) is 1. The second kappa shape index (κ2) is 6.70. The van der Waals surface area contributed by atoms with E-state index in [1.54, 1.807) is 30.6 Å². The van der Waals surface area contributed by atoms with Gasteiger partial charge in [-0.2, -0.15) is 5.10 Å². The van der Waals surface area contributed by atoms with E-state index < -0.39 is 11.7 Å². The van der Waals surface area contributed by atoms with Crippen LogP contribution in [0, 0.1) is 11.7 Å². The number of ether oxygens (including phenoxy) is 1. The van der Waals surface area contributed by atoms with E-state index in [1.807, 2.05) is 0 Å². The molecule has 5 nitrogen and oxygen atoms in total. The second-order valence-electron chi connectivity index (χ2n) is 5.38. The van der Waals surface area contributed by atoms with E-state index in [-0.39, 0.29) is 11.5 Å². The fraction of sp³-hybridized carbons (Fsp3) is 0.375. The van der Waals surface area contributed by atoms with Crippen LogP contribution < -0.4 is 5.32 Å². The molecule has 1 aliphatic heterocycles. The van der Waals surface area contributed by atoms with Crippen molar-refractivity contribution in [1.82, 2.24) is 15.1 Å². The minimum Gasteiger partial charge on any atom is -0.381 e. The van der Waals surface area contributed by atoms with Crippen LogP contribution in [0.5, 0.6) is 0 Å². The Labute approximate surface area is 128 Å². The van der Waals surface area contributed by atoms with Gasteiger partial charge in [-0.1, -0.05) is 6.07 Å². The van der Waals surface area contributed by atoms with Crippen molar-refractivity contribution in [3.63, 3.8) is 0 Å². The second-order valence-corrected chi connectivity index (χ2v) is 5.38. The van der Waals surface area contributed by atoms with Crippen LogP contribution in [-0.4, -0.2) is 35.4 Å². The van der Waals surface area contributed by atoms with Crippen molar-refractivity contribution in [2.45, 2.75) is 12.8 Å². The average molecular weight is 303 g/mol. The molecule has 1 atom stereocenters. The molecule has 1 aromatic heterocycles. The third kappa shape index (κ3) is 3.17. The summed E-state index contributed by atoms with van der Waals surface area (Å²) in [5.41, 5.74) is 0.449. The molecular formula is C16H18FN3O2. The third-order valence-corrected chi connectivity index (χ3v) is 3.78. The molecule has 1 N–H and O–H groups in total. The maximum absolute atomic E-state index is 14.1. The van der Waals surface area contributed by atoms with Crippen molar-refractivity contribution in [3.05, 3.63) is 48.0 Å². The van der Waals surface area contributed by atoms with Crippen LogP contribution in [0.1, 0.15) is 23.2 Å². The predicted molar refractivity (Wildman–Crippen MR) is 79.4 cm³/mol. The van der Waals surface area contributed by atoms with Gasteiger partial charge in [0, 0.05) is 25.5 Å². The highest BCUT2D eigenvalue weighted by atomic mass is 19.1. The third-order valence-electron chi connectivity index (χ3n) is 3.78. The van der Waals surface area contributed by atoms with Crippen molar-refractivity contribution < 1.29 is 13.9 Å². The van der Waals surface area contributed by atoms with Crippen LogP contribution in [-0.2, 0) is 4.74 Å². The molecular weight excluding hydrogens is 285 g/mol. The maximum Gasteiger partial charge on any atom is 0.256 e. The van der Waals surface area contributed by atoms with Gasteiger partial charge in [0.2, 0.25) is 0 Å². The van der Waals surface area contributed by atoms with Crippen LogP contribution in [0.3, 0.4) is 0 Å². The SMILES string of the molecule is O=C(NC[C@@H]1CCCOC1)c1c(F)cccc1-n1cccn1. The number of amides is 1. The molecule has 0 saturated carbocycles. The number of rotatable bonds is 4. The van der Waals surface area contributed by atoms with E-state index in [0.29, 0.717) is 18.8 Å². The van der Waals surface area contributed by atoms with E-state index in [2.05, 4.69) is 10.4 Å². The number of halogens is 1. The highest BCUT2D eigenvalue weighted by molar-refractivity contribution is 5.98. The van der Waals surface area contributed by atoms with Gasteiger partial charge >= 0.3 is 0 Å². The van der Waals surface area contributed by atoms with Gasteiger partial charge in [-0.25, -0.2) is 9.07 Å². The van der Waals surface area contributed by atoms with Gasteiger partial charge in [-0.15, -0.1) is 0 Å². The summed E-state index contributed by atoms with van der Waals surface area (Å²) in [7, 11) is 0. The minimum atomic E-state index is -0.551. The lowest BCUT2D eigenvalue weighted by atomic mass is 10.0. The molecule has 0 bridgehead atoms. The van der Waals surface area contributed by atoms with Crippen molar-refractivity contribution >= 4 is 5.91 Å². The molecule has 0 spiro atoms. The van der Waals surface area contributed by atoms with Crippen molar-refractivity contribution in [3.8, 4) is 5.69 Å². The Morgan fingerprint density at radius 1 is 1.45 bits per heavy atom. The first kappa shape index (κ1) is 14.7. The molecule has 0 radical (unpaired) electrons. The minimum absolute atomic E-state index is 0.0166. The van der Waals surface area contributed by atoms with Crippen LogP contribution in [0.2, 0.25) is 0 Å². The summed E-state index contributed by atoms with van der Waals surface area (Å²) in [6.07, 6.45) is 5.29. The molecule has 1 aromatic carbocycles. The quantitative estimate of drug-likeness (QED) is 0.942. The fourth-order valence-electron chi connectivity index (χ4n) is 2.63. The van der Waals surface area contributed by atoms with E-state index >= 15 is 0 Å². The zero-order valence-electron chi connectivity index (χ0n) is 12.2. The van der Waals surface area contributed by atoms with Gasteiger partial charge in [-0.05, 0) is 37.0 Å². The lowest BCUT2D eigenvalue weighted by molar-refractivity contribution is 0.0536. The standard InChI is InChI=1S/C16H18FN3O2/c17-13-5-1-6-14(20-8-3-7-19-20)15(13)16(21)18-10-12-4-2-9-22-11-12/h1,3,5-8,12H,2,4,9-11H2,(H,18,21)/t12-/m0/s1. The molecule has 3 rings (SSSR count). The number of nitrogens with zero attached hydrogens (tertiary/aromatic N) is 2. The molecule has 0 aliphatic carbocycles. The Morgan fingerprint density at radius 3 is 3.09 bits per heavy atom. The normalized spacial score (nSPS) is 18.1. The van der Waals surface area contributed by atoms with Crippen LogP contribution in [0.15, 0.2) is 36.7 Å². The van der Waals surface area contributed by atoms with Crippen molar-refractivity contribution in [2.24, 2.45) is 5.92 Å². The molecule has 1 amide bonds. The van der Waals surface area contributed by atoms with E-state index in [4.69, 9.17) is 4.74 Å². The highest BCUT2D eigenvalue weighted by Crippen LogP contribution is 2.18. The molecule has 116 valence electrons. The zero-order chi connectivity index (χ0) is 15.4. The first-order chi connectivity index (χ1) is 10.8. The molecule has 1 saturated heterocycles. The monoisotopic (exact) mass is 303 g/mol. The highest BCUT2D eigenvalue weighted by Gasteiger charge is 2.20. The summed E-state index contributed by atoms with van der Waals surface area (Å²) < 4.78 is 21.0. The van der Waals surface area contributed by atoms with Crippen LogP contribution in [0.25, 0.3) is 5.69 Å². The van der Waals surface area contributed by atoms with E-state index in [9.17, 15) is 9.18 Å². The number of aromatic nitrogens is 2. The topological polar surface area (TPSA) is 56.1 Å². The summed E-state index contributed by atoms with van der Waals surface area (Å²) in [6, 6.07) is 6.25. The molecule has 2 aromatic rings. The largest absolute Gasteiger partial charge is 0.381 e. The van der Waals surface area contributed by atoms with Crippen LogP contribution >= 0.6 is 0 Å². The molecule has 0 unspecified atom stereocenters. The fourth-order valence-corrected chi connectivity index (χ4v) is 2.63. The summed E-state index contributed by atoms with van der Waals surface area (Å²) >= 11 is 0. The number of carbonyl (C=O) groups excluding carboxylic acids is 1. The Kier molecular flexibility index (Phi) is 4.48. The molecule has 1 fully saturated rings. The van der Waals surface area contributed by atoms with Crippen molar-refractivity contribution in [1.29, 1.82) is 0 Å². The number of carbonyl (C=O) groups is 1. The molecule has 6 heteroatoms. The van der Waals surface area contributed by atoms with Gasteiger partial charge < -0.3 is 10.1 Å². The van der Waals surface area contributed by atoms with Crippen LogP contribution in [0.4, 0.5) is 4.39 Å². The number of benzene rings is 1. The van der Waals surface area contributed by atoms with E-state index in [1.165, 1.54) is 10.7 Å². The van der Waals surface area contributed by atoms with Gasteiger partial charge in [-0.3, -0.25) is 4.79 Å². The van der Waals surface area contributed by atoms with Gasteiger partial charge in [0.15, 0.2) is 0 Å². The van der Waals surface area contributed by atoms with Gasteiger partial charge in [0.1, 0.15) is 11.4 Å².